The van der Waals surface area contributed by atoms with Crippen molar-refractivity contribution in [3.63, 3.8) is 0 Å². The normalized spacial score (nSPS) is 24.7. The molecule has 3 aliphatic rings. The molecule has 4 atom stereocenters. The molecule has 1 spiro atoms. The van der Waals surface area contributed by atoms with E-state index in [9.17, 15) is 24.5 Å². The van der Waals surface area contributed by atoms with E-state index in [-0.39, 0.29) is 23.1 Å². The number of aryl methyl sites for hydroxylation is 1. The summed E-state index contributed by atoms with van der Waals surface area (Å²) in [5.41, 5.74) is 1.05. The monoisotopic (exact) mass is 535 g/mol. The fraction of sp³-hybridized carbons (Fsp3) is 0.267. The van der Waals surface area contributed by atoms with Crippen LogP contribution in [0.5, 0.6) is 0 Å². The van der Waals surface area contributed by atoms with Gasteiger partial charge in [0, 0.05) is 23.7 Å². The number of nitro benzene ring substituents is 1. The number of para-hydroxylation sites is 2. The van der Waals surface area contributed by atoms with E-state index in [2.05, 4.69) is 5.32 Å². The number of nitrogens with zero attached hydrogens (tertiary/aromatic N) is 4. The predicted octanol–water partition coefficient (Wildman–Crippen LogP) is 3.59. The zero-order valence-electron chi connectivity index (χ0n) is 22.0. The van der Waals surface area contributed by atoms with Crippen LogP contribution in [0.15, 0.2) is 71.5 Å². The zero-order chi connectivity index (χ0) is 28.1. The van der Waals surface area contributed by atoms with Gasteiger partial charge in [-0.2, -0.15) is 0 Å². The van der Waals surface area contributed by atoms with Crippen molar-refractivity contribution in [3.05, 3.63) is 104 Å². The lowest BCUT2D eigenvalue weighted by molar-refractivity contribution is -0.384. The highest BCUT2D eigenvalue weighted by Gasteiger charge is 2.70. The average Bonchev–Trinajstić information content (AvgIpc) is 3.53. The van der Waals surface area contributed by atoms with Crippen LogP contribution in [-0.4, -0.2) is 32.3 Å². The maximum Gasteiger partial charge on any atom is 0.269 e. The number of carbonyl (C=O) groups excluding carboxylic acids is 2. The smallest absolute Gasteiger partial charge is 0.269 e. The quantitative estimate of drug-likeness (QED) is 0.241. The molecule has 2 fully saturated rings. The van der Waals surface area contributed by atoms with Gasteiger partial charge in [-0.15, -0.1) is 0 Å². The summed E-state index contributed by atoms with van der Waals surface area (Å²) in [6.07, 6.45) is 0. The first-order chi connectivity index (χ1) is 19.2. The van der Waals surface area contributed by atoms with Gasteiger partial charge in [0.1, 0.15) is 11.4 Å². The molecule has 2 saturated heterocycles. The topological polar surface area (TPSA) is 127 Å². The number of amides is 2. The first-order valence-corrected chi connectivity index (χ1v) is 13.2. The molecule has 2 amide bonds. The first kappa shape index (κ1) is 24.3. The summed E-state index contributed by atoms with van der Waals surface area (Å²) in [7, 11) is 0. The molecule has 7 rings (SSSR count). The van der Waals surface area contributed by atoms with Crippen molar-refractivity contribution in [2.24, 2.45) is 17.8 Å². The van der Waals surface area contributed by atoms with Crippen molar-refractivity contribution >= 4 is 34.1 Å². The highest BCUT2D eigenvalue weighted by atomic mass is 16.6. The van der Waals surface area contributed by atoms with Crippen LogP contribution >= 0.6 is 0 Å². The Kier molecular flexibility index (Phi) is 4.96. The third kappa shape index (κ3) is 2.91. The molecule has 4 aromatic rings. The lowest BCUT2D eigenvalue weighted by Gasteiger charge is -2.32. The molecule has 40 heavy (non-hydrogen) atoms. The number of nitrogens with one attached hydrogen (secondary N) is 1. The lowest BCUT2D eigenvalue weighted by atomic mass is 9.75. The van der Waals surface area contributed by atoms with Crippen molar-refractivity contribution in [1.29, 1.82) is 0 Å². The Labute approximate surface area is 228 Å². The Hall–Kier alpha value is -4.70. The number of non-ortho nitro benzene ring substituents is 1. The summed E-state index contributed by atoms with van der Waals surface area (Å²) >= 11 is 0. The molecule has 4 heterocycles. The van der Waals surface area contributed by atoms with E-state index in [4.69, 9.17) is 4.98 Å². The van der Waals surface area contributed by atoms with E-state index in [1.807, 2.05) is 44.2 Å². The fourth-order valence-electron chi connectivity index (χ4n) is 6.97. The summed E-state index contributed by atoms with van der Waals surface area (Å²) in [6, 6.07) is 18.3. The van der Waals surface area contributed by atoms with Crippen LogP contribution in [0.4, 0.5) is 11.4 Å². The Morgan fingerprint density at radius 2 is 1.70 bits per heavy atom. The van der Waals surface area contributed by atoms with E-state index in [0.29, 0.717) is 33.7 Å². The molecule has 3 aliphatic heterocycles. The first-order valence-electron chi connectivity index (χ1n) is 13.2. The zero-order valence-corrected chi connectivity index (χ0v) is 22.0. The second kappa shape index (κ2) is 8.15. The number of benzene rings is 3. The van der Waals surface area contributed by atoms with Crippen LogP contribution in [-0.2, 0) is 15.1 Å². The molecule has 0 bridgehead atoms. The van der Waals surface area contributed by atoms with Crippen LogP contribution < -0.4 is 15.8 Å². The standard InChI is InChI=1S/C30H25N5O5/c1-15(2)25-23-24(28(38)33(27(23)37)21-13-12-17(35(39)40)14-16(21)3)30(32-25)19-9-5-7-11-22(19)34-26(36)18-8-4-6-10-20(18)31-29(30)34/h4-15,23-25,32H,1-3H3/t23-,24-,25+,30+/m1/s1. The van der Waals surface area contributed by atoms with Gasteiger partial charge in [-0.3, -0.25) is 34.4 Å². The molecule has 200 valence electrons. The van der Waals surface area contributed by atoms with Gasteiger partial charge in [0.2, 0.25) is 11.8 Å². The molecule has 10 heteroatoms. The molecule has 0 aliphatic carbocycles. The lowest BCUT2D eigenvalue weighted by Crippen LogP contribution is -2.51. The molecule has 1 aromatic heterocycles. The number of nitro groups is 1. The van der Waals surface area contributed by atoms with Crippen molar-refractivity contribution in [2.75, 3.05) is 4.90 Å². The van der Waals surface area contributed by atoms with E-state index in [1.54, 1.807) is 29.7 Å². The Bertz CT molecular complexity index is 1860. The second-order valence-corrected chi connectivity index (χ2v) is 11.1. The van der Waals surface area contributed by atoms with Gasteiger partial charge < -0.3 is 0 Å². The summed E-state index contributed by atoms with van der Waals surface area (Å²) in [5, 5.41) is 15.5. The van der Waals surface area contributed by atoms with Crippen LogP contribution in [0.25, 0.3) is 16.6 Å². The van der Waals surface area contributed by atoms with E-state index < -0.39 is 34.2 Å². The van der Waals surface area contributed by atoms with Crippen molar-refractivity contribution in [2.45, 2.75) is 32.4 Å². The van der Waals surface area contributed by atoms with E-state index in [1.165, 1.54) is 23.1 Å². The van der Waals surface area contributed by atoms with Crippen LogP contribution in [0.2, 0.25) is 0 Å². The number of imide groups is 1. The fourth-order valence-corrected chi connectivity index (χ4v) is 6.97. The highest BCUT2D eigenvalue weighted by Crippen LogP contribution is 2.56. The van der Waals surface area contributed by atoms with Gasteiger partial charge in [0.05, 0.1) is 39.0 Å². The molecule has 3 aromatic carbocycles. The number of fused-ring (bicyclic) bond motifs is 8. The van der Waals surface area contributed by atoms with Crippen LogP contribution in [0, 0.1) is 34.8 Å². The minimum Gasteiger partial charge on any atom is -0.296 e. The van der Waals surface area contributed by atoms with Gasteiger partial charge in [-0.05, 0) is 42.7 Å². The maximum atomic E-state index is 14.5. The van der Waals surface area contributed by atoms with Gasteiger partial charge in [0.25, 0.3) is 11.2 Å². The van der Waals surface area contributed by atoms with Gasteiger partial charge in [-0.1, -0.05) is 44.2 Å². The predicted molar refractivity (Wildman–Crippen MR) is 147 cm³/mol. The van der Waals surface area contributed by atoms with Gasteiger partial charge >= 0.3 is 0 Å². The molecular weight excluding hydrogens is 510 g/mol. The van der Waals surface area contributed by atoms with Gasteiger partial charge in [-0.25, -0.2) is 9.88 Å². The molecule has 0 unspecified atom stereocenters. The van der Waals surface area contributed by atoms with Crippen LogP contribution in [0.1, 0.15) is 30.8 Å². The number of aromatic nitrogens is 2. The third-order valence-corrected chi connectivity index (χ3v) is 8.65. The Morgan fingerprint density at radius 1 is 0.975 bits per heavy atom. The molecule has 0 saturated carbocycles. The second-order valence-electron chi connectivity index (χ2n) is 11.1. The maximum absolute atomic E-state index is 14.5. The summed E-state index contributed by atoms with van der Waals surface area (Å²) in [5.74, 6) is -2.05. The minimum absolute atomic E-state index is 0.0325. The Morgan fingerprint density at radius 3 is 2.42 bits per heavy atom. The van der Waals surface area contributed by atoms with Gasteiger partial charge in [0.15, 0.2) is 0 Å². The number of anilines is 1. The number of hydrogen-bond donors (Lipinski definition) is 1. The third-order valence-electron chi connectivity index (χ3n) is 8.65. The largest absolute Gasteiger partial charge is 0.296 e. The molecular formula is C30H25N5O5. The summed E-state index contributed by atoms with van der Waals surface area (Å²) < 4.78 is 1.57. The van der Waals surface area contributed by atoms with Crippen LogP contribution in [0.3, 0.4) is 0 Å². The summed E-state index contributed by atoms with van der Waals surface area (Å²) in [4.78, 5) is 59.5. The SMILES string of the molecule is Cc1cc([N+](=O)[O-])ccc1N1C(=O)[C@H]2[C@H](C(C)C)N[C@@]3(c4ccccc4-n4c3nc3ccccc3c4=O)[C@H]2C1=O. The molecule has 10 nitrogen and oxygen atoms in total. The molecule has 0 radical (unpaired) electrons. The Balaban J connectivity index is 1.50. The van der Waals surface area contributed by atoms with Crippen molar-refractivity contribution < 1.29 is 14.5 Å². The number of hydrogen-bond acceptors (Lipinski definition) is 7. The average molecular weight is 536 g/mol. The number of rotatable bonds is 3. The van der Waals surface area contributed by atoms with E-state index in [0.717, 1.165) is 5.56 Å². The van der Waals surface area contributed by atoms with Crippen molar-refractivity contribution in [3.8, 4) is 5.69 Å². The van der Waals surface area contributed by atoms with E-state index >= 15 is 0 Å². The van der Waals surface area contributed by atoms with Crippen molar-refractivity contribution in [1.82, 2.24) is 14.9 Å². The highest BCUT2D eigenvalue weighted by molar-refractivity contribution is 6.23. The summed E-state index contributed by atoms with van der Waals surface area (Å²) in [6.45, 7) is 5.64. The molecule has 1 N–H and O–H groups in total. The minimum atomic E-state index is -1.23. The number of carbonyl (C=O) groups is 2.